The Morgan fingerprint density at radius 1 is 1.25 bits per heavy atom. The number of benzene rings is 1. The molecule has 0 fully saturated rings. The molecule has 0 aliphatic rings. The van der Waals surface area contributed by atoms with Crippen molar-refractivity contribution in [2.75, 3.05) is 12.9 Å². The molecule has 1 aromatic carbocycles. The van der Waals surface area contributed by atoms with Crippen LogP contribution in [-0.2, 0) is 31.5 Å². The summed E-state index contributed by atoms with van der Waals surface area (Å²) < 4.78 is 29.0. The number of esters is 1. The third kappa shape index (κ3) is 5.33. The molecule has 20 heavy (non-hydrogen) atoms. The van der Waals surface area contributed by atoms with Gasteiger partial charge < -0.3 is 4.74 Å². The number of methoxy groups -OCH3 is 1. The zero-order chi connectivity index (χ0) is 15.2. The number of hydrogen-bond acceptors (Lipinski definition) is 4. The van der Waals surface area contributed by atoms with Gasteiger partial charge in [0.2, 0.25) is 0 Å². The van der Waals surface area contributed by atoms with Gasteiger partial charge in [0.15, 0.2) is 9.84 Å². The second-order valence-corrected chi connectivity index (χ2v) is 7.20. The van der Waals surface area contributed by atoms with Crippen molar-refractivity contribution in [3.05, 3.63) is 35.4 Å². The molecule has 0 N–H and O–H groups in total. The van der Waals surface area contributed by atoms with Crippen LogP contribution >= 0.6 is 0 Å². The molecule has 0 aliphatic carbocycles. The van der Waals surface area contributed by atoms with E-state index in [2.05, 4.69) is 4.74 Å². The highest BCUT2D eigenvalue weighted by Crippen LogP contribution is 2.16. The molecule has 0 bridgehead atoms. The van der Waals surface area contributed by atoms with Crippen LogP contribution in [0.3, 0.4) is 0 Å². The van der Waals surface area contributed by atoms with Crippen molar-refractivity contribution < 1.29 is 17.9 Å². The lowest BCUT2D eigenvalue weighted by molar-refractivity contribution is -0.139. The Hall–Kier alpha value is -1.36. The van der Waals surface area contributed by atoms with Crippen LogP contribution in [-0.4, -0.2) is 27.2 Å². The molecule has 0 aliphatic heterocycles. The Balaban J connectivity index is 2.89. The molecular weight excluding hydrogens is 276 g/mol. The summed E-state index contributed by atoms with van der Waals surface area (Å²) >= 11 is 0. The smallest absolute Gasteiger partial charge is 0.309 e. The highest BCUT2D eigenvalue weighted by Gasteiger charge is 2.18. The lowest BCUT2D eigenvalue weighted by Gasteiger charge is -2.12. The van der Waals surface area contributed by atoms with Crippen LogP contribution in [0.1, 0.15) is 31.4 Å². The number of rotatable bonds is 7. The summed E-state index contributed by atoms with van der Waals surface area (Å²) in [6, 6.07) is 7.11. The van der Waals surface area contributed by atoms with E-state index in [4.69, 9.17) is 0 Å². The molecule has 1 aromatic rings. The van der Waals surface area contributed by atoms with Crippen molar-refractivity contribution in [1.29, 1.82) is 0 Å². The largest absolute Gasteiger partial charge is 0.469 e. The molecule has 112 valence electrons. The van der Waals surface area contributed by atoms with E-state index in [1.807, 2.05) is 13.8 Å². The van der Waals surface area contributed by atoms with E-state index in [0.29, 0.717) is 11.1 Å². The van der Waals surface area contributed by atoms with Crippen LogP contribution in [0, 0.1) is 5.92 Å². The molecule has 1 atom stereocenters. The van der Waals surface area contributed by atoms with Crippen LogP contribution in [0.25, 0.3) is 0 Å². The van der Waals surface area contributed by atoms with Crippen molar-refractivity contribution in [3.63, 3.8) is 0 Å². The summed E-state index contributed by atoms with van der Waals surface area (Å²) in [6.45, 7) is 3.91. The van der Waals surface area contributed by atoms with Crippen molar-refractivity contribution in [1.82, 2.24) is 0 Å². The lowest BCUT2D eigenvalue weighted by atomic mass is 10.1. The van der Waals surface area contributed by atoms with Crippen molar-refractivity contribution in [3.8, 4) is 0 Å². The Labute approximate surface area is 121 Å². The van der Waals surface area contributed by atoms with E-state index in [9.17, 15) is 13.2 Å². The third-order valence-corrected chi connectivity index (χ3v) is 5.12. The Morgan fingerprint density at radius 2 is 1.85 bits per heavy atom. The Kier molecular flexibility index (Phi) is 6.20. The predicted molar refractivity (Wildman–Crippen MR) is 79.1 cm³/mol. The number of sulfone groups is 1. The minimum atomic E-state index is -3.16. The number of ether oxygens (including phenoxy) is 1. The van der Waals surface area contributed by atoms with Gasteiger partial charge in [0.25, 0.3) is 0 Å². The van der Waals surface area contributed by atoms with E-state index >= 15 is 0 Å². The van der Waals surface area contributed by atoms with E-state index in [-0.39, 0.29) is 29.8 Å². The van der Waals surface area contributed by atoms with Crippen molar-refractivity contribution in [2.45, 2.75) is 32.4 Å². The predicted octanol–water partition coefficient (Wildman–Crippen LogP) is 2.36. The minimum absolute atomic E-state index is 0.0233. The zero-order valence-electron chi connectivity index (χ0n) is 12.3. The summed E-state index contributed by atoms with van der Waals surface area (Å²) in [4.78, 5) is 11.4. The standard InChI is InChI=1S/C15H22O4S/c1-4-12(2)10-20(17,18)11-14-8-6-5-7-13(14)9-15(16)19-3/h5-8,12H,4,9-11H2,1-3H3. The topological polar surface area (TPSA) is 60.4 Å². The monoisotopic (exact) mass is 298 g/mol. The highest BCUT2D eigenvalue weighted by molar-refractivity contribution is 7.90. The van der Waals surface area contributed by atoms with Crippen LogP contribution in [0.5, 0.6) is 0 Å². The van der Waals surface area contributed by atoms with Crippen LogP contribution < -0.4 is 0 Å². The summed E-state index contributed by atoms with van der Waals surface area (Å²) in [7, 11) is -1.84. The van der Waals surface area contributed by atoms with Crippen LogP contribution in [0.15, 0.2) is 24.3 Å². The maximum atomic E-state index is 12.2. The first-order valence-electron chi connectivity index (χ1n) is 6.72. The number of carbonyl (C=O) groups excluding carboxylic acids is 1. The summed E-state index contributed by atoms with van der Waals surface area (Å²) in [5.41, 5.74) is 1.40. The average molecular weight is 298 g/mol. The highest BCUT2D eigenvalue weighted by atomic mass is 32.2. The summed E-state index contributed by atoms with van der Waals surface area (Å²) in [5, 5.41) is 0. The maximum Gasteiger partial charge on any atom is 0.309 e. The number of carbonyl (C=O) groups is 1. The molecule has 1 rings (SSSR count). The quantitative estimate of drug-likeness (QED) is 0.725. The second-order valence-electron chi connectivity index (χ2n) is 5.09. The lowest BCUT2D eigenvalue weighted by Crippen LogP contribution is -2.17. The van der Waals surface area contributed by atoms with Gasteiger partial charge in [-0.25, -0.2) is 8.42 Å². The molecule has 1 unspecified atom stereocenters. The van der Waals surface area contributed by atoms with Crippen molar-refractivity contribution in [2.24, 2.45) is 5.92 Å². The van der Waals surface area contributed by atoms with Gasteiger partial charge in [0, 0.05) is 0 Å². The maximum absolute atomic E-state index is 12.2. The molecule has 0 aromatic heterocycles. The van der Waals surface area contributed by atoms with Gasteiger partial charge in [-0.05, 0) is 17.0 Å². The van der Waals surface area contributed by atoms with Gasteiger partial charge in [-0.15, -0.1) is 0 Å². The molecule has 0 amide bonds. The first kappa shape index (κ1) is 16.7. The fourth-order valence-electron chi connectivity index (χ4n) is 1.95. The Morgan fingerprint density at radius 3 is 2.40 bits per heavy atom. The van der Waals surface area contributed by atoms with Crippen LogP contribution in [0.4, 0.5) is 0 Å². The second kappa shape index (κ2) is 7.43. The zero-order valence-corrected chi connectivity index (χ0v) is 13.1. The fourth-order valence-corrected chi connectivity index (χ4v) is 3.92. The first-order chi connectivity index (χ1) is 9.38. The normalized spacial score (nSPS) is 12.9. The molecule has 0 saturated heterocycles. The van der Waals surface area contributed by atoms with Gasteiger partial charge in [0.1, 0.15) is 0 Å². The first-order valence-corrected chi connectivity index (χ1v) is 8.54. The molecule has 4 nitrogen and oxygen atoms in total. The molecule has 0 heterocycles. The van der Waals surface area contributed by atoms with Gasteiger partial charge >= 0.3 is 5.97 Å². The number of hydrogen-bond donors (Lipinski definition) is 0. The SMILES string of the molecule is CCC(C)CS(=O)(=O)Cc1ccccc1CC(=O)OC. The summed E-state index contributed by atoms with van der Waals surface area (Å²) in [5.74, 6) is -0.0647. The molecule has 0 saturated carbocycles. The summed E-state index contributed by atoms with van der Waals surface area (Å²) in [6.07, 6.45) is 0.939. The van der Waals surface area contributed by atoms with E-state index < -0.39 is 9.84 Å². The van der Waals surface area contributed by atoms with Gasteiger partial charge in [-0.2, -0.15) is 0 Å². The van der Waals surface area contributed by atoms with Gasteiger partial charge in [0.05, 0.1) is 25.0 Å². The van der Waals surface area contributed by atoms with E-state index in [1.165, 1.54) is 7.11 Å². The molecule has 5 heteroatoms. The molecule has 0 spiro atoms. The fraction of sp³-hybridized carbons (Fsp3) is 0.533. The van der Waals surface area contributed by atoms with Crippen molar-refractivity contribution >= 4 is 15.8 Å². The minimum Gasteiger partial charge on any atom is -0.469 e. The molecular formula is C15H22O4S. The van der Waals surface area contributed by atoms with E-state index in [0.717, 1.165) is 6.42 Å². The Bertz CT molecular complexity index is 549. The van der Waals surface area contributed by atoms with Gasteiger partial charge in [-0.3, -0.25) is 4.79 Å². The average Bonchev–Trinajstić information content (AvgIpc) is 2.39. The third-order valence-electron chi connectivity index (χ3n) is 3.29. The molecule has 0 radical (unpaired) electrons. The van der Waals surface area contributed by atoms with E-state index in [1.54, 1.807) is 24.3 Å². The van der Waals surface area contributed by atoms with Crippen LogP contribution in [0.2, 0.25) is 0 Å². The van der Waals surface area contributed by atoms with Gasteiger partial charge in [-0.1, -0.05) is 44.5 Å².